The lowest BCUT2D eigenvalue weighted by molar-refractivity contribution is 0.0657. The van der Waals surface area contributed by atoms with Crippen LogP contribution >= 0.6 is 20.2 Å². The maximum Gasteiger partial charge on any atom is 0.229 e. The molecule has 7 nitrogen and oxygen atoms in total. The molecule has 1 saturated heterocycles. The van der Waals surface area contributed by atoms with Gasteiger partial charge in [-0.05, 0) is 37.8 Å². The highest BCUT2D eigenvalue weighted by Gasteiger charge is 2.20. The van der Waals surface area contributed by atoms with Crippen molar-refractivity contribution in [3.63, 3.8) is 0 Å². The minimum atomic E-state index is 0.369. The first kappa shape index (κ1) is 20.1. The molecule has 0 spiro atoms. The lowest BCUT2D eigenvalue weighted by Crippen LogP contribution is -2.21. The van der Waals surface area contributed by atoms with Crippen LogP contribution in [0.1, 0.15) is 24.6 Å². The van der Waals surface area contributed by atoms with Crippen LogP contribution in [0.2, 0.25) is 5.02 Å². The molecule has 1 fully saturated rings. The Balaban J connectivity index is 1.54. The number of nitrogens with one attached hydrogen (secondary N) is 2. The summed E-state index contributed by atoms with van der Waals surface area (Å²) < 4.78 is 7.53. The van der Waals surface area contributed by atoms with Crippen molar-refractivity contribution in [2.24, 2.45) is 0 Å². The number of benzene rings is 1. The highest BCUT2D eigenvalue weighted by Crippen LogP contribution is 2.28. The summed E-state index contributed by atoms with van der Waals surface area (Å²) in [4.78, 5) is 8.91. The van der Waals surface area contributed by atoms with Crippen molar-refractivity contribution >= 4 is 48.6 Å². The number of aromatic nitrogens is 4. The van der Waals surface area contributed by atoms with Crippen LogP contribution in [-0.2, 0) is 4.74 Å². The Hall–Kier alpha value is -2.21. The number of para-hydroxylation sites is 1. The van der Waals surface area contributed by atoms with E-state index in [1.54, 1.807) is 6.20 Å². The third kappa shape index (κ3) is 4.53. The smallest absolute Gasteiger partial charge is 0.229 e. The van der Waals surface area contributed by atoms with Crippen LogP contribution in [0.15, 0.2) is 36.7 Å². The molecule has 0 radical (unpaired) electrons. The summed E-state index contributed by atoms with van der Waals surface area (Å²) in [5, 5.41) is 12.9. The van der Waals surface area contributed by atoms with Gasteiger partial charge in [0.25, 0.3) is 0 Å². The van der Waals surface area contributed by atoms with E-state index in [-0.39, 0.29) is 0 Å². The number of ether oxygens (including phenoxy) is 1. The van der Waals surface area contributed by atoms with Gasteiger partial charge in [-0.2, -0.15) is 10.1 Å². The van der Waals surface area contributed by atoms with Gasteiger partial charge in [-0.25, -0.2) is 4.98 Å². The van der Waals surface area contributed by atoms with Crippen molar-refractivity contribution in [1.29, 1.82) is 0 Å². The Morgan fingerprint density at radius 1 is 1.14 bits per heavy atom. The van der Waals surface area contributed by atoms with Crippen molar-refractivity contribution in [1.82, 2.24) is 19.7 Å². The second-order valence-corrected chi connectivity index (χ2v) is 8.31. The minimum Gasteiger partial charge on any atom is -0.381 e. The molecular formula is C20H24ClN6OP. The van der Waals surface area contributed by atoms with Crippen molar-refractivity contribution < 1.29 is 4.74 Å². The monoisotopic (exact) mass is 430 g/mol. The third-order valence-electron chi connectivity index (χ3n) is 5.02. The molecule has 1 atom stereocenters. The molecule has 0 bridgehead atoms. The quantitative estimate of drug-likeness (QED) is 0.564. The van der Waals surface area contributed by atoms with Crippen LogP contribution in [0, 0.1) is 6.92 Å². The minimum absolute atomic E-state index is 0.369. The molecule has 29 heavy (non-hydrogen) atoms. The lowest BCUT2D eigenvalue weighted by atomic mass is 10.1. The van der Waals surface area contributed by atoms with E-state index in [4.69, 9.17) is 16.3 Å². The first-order valence-corrected chi connectivity index (χ1v) is 11.5. The number of anilines is 4. The number of rotatable bonds is 6. The standard InChI is InChI=1S/C20H24ClN6OP/c1-13-17(12-23-27(13)14-7-9-28-10-8-14)25-20-22-11-15(21)19(26-20)24-16-5-3-4-6-18(16)29-2/h3-6,11-12,14,29H,7-10H2,1-2H3,(H2,22,24,25,26). The highest BCUT2D eigenvalue weighted by molar-refractivity contribution is 7.46. The van der Waals surface area contributed by atoms with E-state index in [1.807, 2.05) is 24.4 Å². The molecule has 2 aromatic heterocycles. The topological polar surface area (TPSA) is 76.9 Å². The fourth-order valence-corrected chi connectivity index (χ4v) is 4.23. The number of hydrogen-bond acceptors (Lipinski definition) is 6. The van der Waals surface area contributed by atoms with Crippen molar-refractivity contribution in [2.75, 3.05) is 30.5 Å². The summed E-state index contributed by atoms with van der Waals surface area (Å²) in [5.41, 5.74) is 2.95. The van der Waals surface area contributed by atoms with E-state index in [2.05, 4.69) is 50.0 Å². The van der Waals surface area contributed by atoms with Crippen LogP contribution in [0.25, 0.3) is 0 Å². The number of nitrogens with zero attached hydrogens (tertiary/aromatic N) is 4. The molecule has 0 amide bonds. The van der Waals surface area contributed by atoms with Gasteiger partial charge in [-0.1, -0.05) is 38.4 Å². The van der Waals surface area contributed by atoms with Gasteiger partial charge in [0.15, 0.2) is 5.82 Å². The zero-order chi connectivity index (χ0) is 20.2. The van der Waals surface area contributed by atoms with E-state index >= 15 is 0 Å². The first-order chi connectivity index (χ1) is 14.2. The van der Waals surface area contributed by atoms with Crippen LogP contribution < -0.4 is 15.9 Å². The third-order valence-corrected chi connectivity index (χ3v) is 6.27. The Morgan fingerprint density at radius 3 is 2.72 bits per heavy atom. The number of halogens is 1. The maximum atomic E-state index is 6.34. The molecule has 1 unspecified atom stereocenters. The van der Waals surface area contributed by atoms with E-state index in [1.165, 1.54) is 5.30 Å². The van der Waals surface area contributed by atoms with Gasteiger partial charge < -0.3 is 15.4 Å². The second-order valence-electron chi connectivity index (χ2n) is 6.87. The molecule has 9 heteroatoms. The van der Waals surface area contributed by atoms with Gasteiger partial charge in [0.05, 0.1) is 29.8 Å². The van der Waals surface area contributed by atoms with Gasteiger partial charge in [0.1, 0.15) is 5.02 Å². The van der Waals surface area contributed by atoms with Crippen LogP contribution in [0.5, 0.6) is 0 Å². The number of hydrogen-bond donors (Lipinski definition) is 2. The molecule has 1 aliphatic rings. The van der Waals surface area contributed by atoms with Crippen molar-refractivity contribution in [2.45, 2.75) is 25.8 Å². The summed E-state index contributed by atoms with van der Waals surface area (Å²) in [5.74, 6) is 1.05. The zero-order valence-corrected chi connectivity index (χ0v) is 18.2. The zero-order valence-electron chi connectivity index (χ0n) is 16.4. The largest absolute Gasteiger partial charge is 0.381 e. The molecule has 1 aliphatic heterocycles. The summed E-state index contributed by atoms with van der Waals surface area (Å²) >= 11 is 6.34. The first-order valence-electron chi connectivity index (χ1n) is 9.61. The van der Waals surface area contributed by atoms with E-state index in [9.17, 15) is 0 Å². The fourth-order valence-electron chi connectivity index (χ4n) is 3.42. The predicted octanol–water partition coefficient (Wildman–Crippen LogP) is 4.41. The molecule has 0 saturated carbocycles. The Morgan fingerprint density at radius 2 is 1.93 bits per heavy atom. The molecule has 0 aliphatic carbocycles. The Bertz CT molecular complexity index is 989. The molecule has 4 rings (SSSR count). The van der Waals surface area contributed by atoms with Crippen molar-refractivity contribution in [3.05, 3.63) is 47.4 Å². The normalized spacial score (nSPS) is 15.1. The molecule has 1 aromatic carbocycles. The van der Waals surface area contributed by atoms with Gasteiger partial charge in [-0.15, -0.1) is 0 Å². The molecular weight excluding hydrogens is 407 g/mol. The summed E-state index contributed by atoms with van der Waals surface area (Å²) in [6.07, 6.45) is 5.38. The average Bonchev–Trinajstić information content (AvgIpc) is 3.11. The Labute approximate surface area is 177 Å². The molecule has 3 aromatic rings. The van der Waals surface area contributed by atoms with Crippen molar-refractivity contribution in [3.8, 4) is 0 Å². The Kier molecular flexibility index (Phi) is 6.28. The lowest BCUT2D eigenvalue weighted by Gasteiger charge is -2.23. The molecule has 3 heterocycles. The van der Waals surface area contributed by atoms with Gasteiger partial charge in [-0.3, -0.25) is 4.68 Å². The SMILES string of the molecule is CPc1ccccc1Nc1nc(Nc2cnn(C3CCOCC3)c2C)ncc1Cl. The van der Waals surface area contributed by atoms with Crippen LogP contribution in [0.3, 0.4) is 0 Å². The van der Waals surface area contributed by atoms with Crippen LogP contribution in [0.4, 0.5) is 23.1 Å². The van der Waals surface area contributed by atoms with Gasteiger partial charge in [0, 0.05) is 18.9 Å². The maximum absolute atomic E-state index is 6.34. The van der Waals surface area contributed by atoms with Gasteiger partial charge in [0.2, 0.25) is 5.95 Å². The summed E-state index contributed by atoms with van der Waals surface area (Å²) in [7, 11) is 0.671. The summed E-state index contributed by atoms with van der Waals surface area (Å²) in [6.45, 7) is 5.76. The van der Waals surface area contributed by atoms with Gasteiger partial charge >= 0.3 is 0 Å². The second kappa shape index (κ2) is 9.08. The van der Waals surface area contributed by atoms with E-state index < -0.39 is 0 Å². The summed E-state index contributed by atoms with van der Waals surface area (Å²) in [6, 6.07) is 8.52. The van der Waals surface area contributed by atoms with E-state index in [0.717, 1.165) is 43.1 Å². The molecule has 2 N–H and O–H groups in total. The average molecular weight is 431 g/mol. The van der Waals surface area contributed by atoms with E-state index in [0.29, 0.717) is 31.4 Å². The fraction of sp³-hybridized carbons (Fsp3) is 0.350. The molecule has 152 valence electrons. The van der Waals surface area contributed by atoms with Crippen LogP contribution in [-0.4, -0.2) is 39.6 Å². The predicted molar refractivity (Wildman–Crippen MR) is 120 cm³/mol. The highest BCUT2D eigenvalue weighted by atomic mass is 35.5.